The maximum absolute atomic E-state index is 10.0. The highest BCUT2D eigenvalue weighted by molar-refractivity contribution is 5.92. The molecule has 3 rings (SSSR count). The normalized spacial score (nSPS) is 17.7. The van der Waals surface area contributed by atoms with Crippen molar-refractivity contribution in [1.29, 1.82) is 0 Å². The van der Waals surface area contributed by atoms with Crippen LogP contribution < -0.4 is 14.8 Å². The van der Waals surface area contributed by atoms with Gasteiger partial charge in [-0.15, -0.1) is 0 Å². The van der Waals surface area contributed by atoms with Crippen LogP contribution in [-0.2, 0) is 11.4 Å². The lowest BCUT2D eigenvalue weighted by atomic mass is 10.2. The van der Waals surface area contributed by atoms with Gasteiger partial charge in [-0.25, -0.2) is 0 Å². The van der Waals surface area contributed by atoms with Gasteiger partial charge in [0.2, 0.25) is 0 Å². The first kappa shape index (κ1) is 18.0. The van der Waals surface area contributed by atoms with Gasteiger partial charge in [-0.05, 0) is 31.7 Å². The summed E-state index contributed by atoms with van der Waals surface area (Å²) < 4.78 is 10.6. The second kappa shape index (κ2) is 8.54. The summed E-state index contributed by atoms with van der Waals surface area (Å²) >= 11 is 0. The molecule has 25 heavy (non-hydrogen) atoms. The fourth-order valence-corrected chi connectivity index (χ4v) is 2.87. The van der Waals surface area contributed by atoms with Crippen LogP contribution in [0.3, 0.4) is 0 Å². The number of aliphatic hydroxyl groups is 1. The average molecular weight is 348 g/mol. The van der Waals surface area contributed by atoms with Crippen LogP contribution in [0.4, 0.5) is 0 Å². The summed E-state index contributed by atoms with van der Waals surface area (Å²) in [6.07, 6.45) is 4.38. The predicted molar refractivity (Wildman–Crippen MR) is 96.1 cm³/mol. The summed E-state index contributed by atoms with van der Waals surface area (Å²) in [6, 6.07) is 5.70. The van der Waals surface area contributed by atoms with Crippen LogP contribution in [0.2, 0.25) is 0 Å². The summed E-state index contributed by atoms with van der Waals surface area (Å²) in [6.45, 7) is 1.26. The van der Waals surface area contributed by atoms with E-state index in [1.165, 1.54) is 31.4 Å². The fraction of sp³-hybridized carbons (Fsp3) is 0.632. The topological polar surface area (TPSA) is 72.3 Å². The summed E-state index contributed by atoms with van der Waals surface area (Å²) in [7, 11) is 3.26. The number of nitrogens with zero attached hydrogens (tertiary/aromatic N) is 1. The van der Waals surface area contributed by atoms with Gasteiger partial charge in [0, 0.05) is 36.6 Å². The molecule has 1 aromatic carbocycles. The minimum atomic E-state index is -0.590. The SMILES string of the molecule is COc1ccc(CNCC(O)CON=C(C2CC2)C2CC2)c(OC)c1. The predicted octanol–water partition coefficient (Wildman–Crippen LogP) is 2.35. The van der Waals surface area contributed by atoms with E-state index in [0.29, 0.717) is 24.9 Å². The molecule has 2 fully saturated rings. The highest BCUT2D eigenvalue weighted by Gasteiger charge is 2.38. The summed E-state index contributed by atoms with van der Waals surface area (Å²) in [5.74, 6) is 2.81. The van der Waals surface area contributed by atoms with E-state index in [1.54, 1.807) is 14.2 Å². The second-order valence-electron chi connectivity index (χ2n) is 6.82. The third-order valence-electron chi connectivity index (χ3n) is 4.62. The van der Waals surface area contributed by atoms with E-state index < -0.39 is 6.10 Å². The zero-order valence-electron chi connectivity index (χ0n) is 15.0. The van der Waals surface area contributed by atoms with E-state index in [4.69, 9.17) is 14.3 Å². The molecule has 0 aromatic heterocycles. The van der Waals surface area contributed by atoms with Gasteiger partial charge in [-0.1, -0.05) is 11.2 Å². The van der Waals surface area contributed by atoms with E-state index in [9.17, 15) is 5.11 Å². The molecule has 0 aliphatic heterocycles. The van der Waals surface area contributed by atoms with Gasteiger partial charge in [0.15, 0.2) is 0 Å². The molecule has 1 unspecified atom stereocenters. The van der Waals surface area contributed by atoms with Crippen molar-refractivity contribution in [3.05, 3.63) is 23.8 Å². The molecule has 1 aromatic rings. The molecule has 0 bridgehead atoms. The Kier molecular flexibility index (Phi) is 6.15. The van der Waals surface area contributed by atoms with E-state index in [-0.39, 0.29) is 6.61 Å². The van der Waals surface area contributed by atoms with Crippen LogP contribution in [0.5, 0.6) is 11.5 Å². The van der Waals surface area contributed by atoms with E-state index in [0.717, 1.165) is 17.1 Å². The molecule has 0 amide bonds. The molecule has 6 nitrogen and oxygen atoms in total. The fourth-order valence-electron chi connectivity index (χ4n) is 2.87. The van der Waals surface area contributed by atoms with Crippen molar-refractivity contribution in [2.24, 2.45) is 17.0 Å². The first-order valence-electron chi connectivity index (χ1n) is 9.00. The zero-order valence-corrected chi connectivity index (χ0v) is 15.0. The van der Waals surface area contributed by atoms with Crippen molar-refractivity contribution < 1.29 is 19.4 Å². The number of aliphatic hydroxyl groups excluding tert-OH is 1. The molecule has 138 valence electrons. The third-order valence-corrected chi connectivity index (χ3v) is 4.62. The Labute approximate surface area is 149 Å². The standard InChI is InChI=1S/C19H28N2O4/c1-23-17-8-7-15(18(9-17)24-2)10-20-11-16(22)12-25-21-19(13-3-4-13)14-5-6-14/h7-9,13-14,16,20,22H,3-6,10-12H2,1-2H3. The molecule has 0 spiro atoms. The largest absolute Gasteiger partial charge is 0.497 e. The van der Waals surface area contributed by atoms with Gasteiger partial charge in [0.25, 0.3) is 0 Å². The van der Waals surface area contributed by atoms with Crippen LogP contribution in [0.1, 0.15) is 31.2 Å². The van der Waals surface area contributed by atoms with Crippen LogP contribution >= 0.6 is 0 Å². The molecule has 2 aliphatic rings. The number of oxime groups is 1. The quantitative estimate of drug-likeness (QED) is 0.474. The Bertz CT molecular complexity index is 583. The average Bonchev–Trinajstić information content (AvgIpc) is 3.52. The van der Waals surface area contributed by atoms with E-state index in [2.05, 4.69) is 10.5 Å². The Morgan fingerprint density at radius 2 is 1.92 bits per heavy atom. The van der Waals surface area contributed by atoms with Gasteiger partial charge < -0.3 is 24.7 Å². The molecule has 0 saturated heterocycles. The summed E-state index contributed by atoms with van der Waals surface area (Å²) in [4.78, 5) is 5.39. The Balaban J connectivity index is 1.39. The molecular formula is C19H28N2O4. The zero-order chi connectivity index (χ0) is 17.6. The Hall–Kier alpha value is -1.79. The number of benzene rings is 1. The highest BCUT2D eigenvalue weighted by Crippen LogP contribution is 2.42. The molecular weight excluding hydrogens is 320 g/mol. The van der Waals surface area contributed by atoms with Crippen molar-refractivity contribution in [2.45, 2.75) is 38.3 Å². The van der Waals surface area contributed by atoms with Crippen LogP contribution in [0.15, 0.2) is 23.4 Å². The van der Waals surface area contributed by atoms with Crippen molar-refractivity contribution in [1.82, 2.24) is 5.32 Å². The Morgan fingerprint density at radius 1 is 1.20 bits per heavy atom. The molecule has 2 aliphatic carbocycles. The Morgan fingerprint density at radius 3 is 2.52 bits per heavy atom. The molecule has 1 atom stereocenters. The first-order chi connectivity index (χ1) is 12.2. The van der Waals surface area contributed by atoms with Crippen molar-refractivity contribution in [3.8, 4) is 11.5 Å². The van der Waals surface area contributed by atoms with Crippen LogP contribution in [0.25, 0.3) is 0 Å². The number of ether oxygens (including phenoxy) is 2. The van der Waals surface area contributed by atoms with E-state index >= 15 is 0 Å². The van der Waals surface area contributed by atoms with Gasteiger partial charge >= 0.3 is 0 Å². The van der Waals surface area contributed by atoms with Crippen molar-refractivity contribution in [2.75, 3.05) is 27.4 Å². The third kappa shape index (κ3) is 5.34. The number of rotatable bonds is 11. The van der Waals surface area contributed by atoms with Gasteiger partial charge in [0.1, 0.15) is 24.2 Å². The number of nitrogens with one attached hydrogen (secondary N) is 1. The second-order valence-corrected chi connectivity index (χ2v) is 6.82. The summed E-state index contributed by atoms with van der Waals surface area (Å²) in [5.41, 5.74) is 2.24. The minimum absolute atomic E-state index is 0.218. The molecule has 2 N–H and O–H groups in total. The number of methoxy groups -OCH3 is 2. The molecule has 6 heteroatoms. The first-order valence-corrected chi connectivity index (χ1v) is 9.00. The number of hydrogen-bond acceptors (Lipinski definition) is 6. The monoisotopic (exact) mass is 348 g/mol. The maximum Gasteiger partial charge on any atom is 0.144 e. The van der Waals surface area contributed by atoms with Crippen molar-refractivity contribution in [3.63, 3.8) is 0 Å². The van der Waals surface area contributed by atoms with Gasteiger partial charge in [-0.2, -0.15) is 0 Å². The maximum atomic E-state index is 10.0. The molecule has 0 radical (unpaired) electrons. The summed E-state index contributed by atoms with van der Waals surface area (Å²) in [5, 5.41) is 17.6. The van der Waals surface area contributed by atoms with Crippen LogP contribution in [-0.4, -0.2) is 44.3 Å². The van der Waals surface area contributed by atoms with Crippen LogP contribution in [0, 0.1) is 11.8 Å². The van der Waals surface area contributed by atoms with E-state index in [1.807, 2.05) is 18.2 Å². The lowest BCUT2D eigenvalue weighted by molar-refractivity contribution is 0.0394. The smallest absolute Gasteiger partial charge is 0.144 e. The lowest BCUT2D eigenvalue weighted by Crippen LogP contribution is -2.29. The minimum Gasteiger partial charge on any atom is -0.497 e. The van der Waals surface area contributed by atoms with Gasteiger partial charge in [0.05, 0.1) is 19.9 Å². The van der Waals surface area contributed by atoms with Crippen molar-refractivity contribution >= 4 is 5.71 Å². The molecule has 2 saturated carbocycles. The lowest BCUT2D eigenvalue weighted by Gasteiger charge is -2.14. The van der Waals surface area contributed by atoms with Gasteiger partial charge in [-0.3, -0.25) is 0 Å². The highest BCUT2D eigenvalue weighted by atomic mass is 16.6. The molecule has 0 heterocycles. The number of hydrogen-bond donors (Lipinski definition) is 2.